The Labute approximate surface area is 204 Å². The largest absolute Gasteiger partial charge is 0.373 e. The molecule has 35 heavy (non-hydrogen) atoms. The molecule has 2 aromatic heterocycles. The van der Waals surface area contributed by atoms with E-state index in [-0.39, 0.29) is 0 Å². The first-order chi connectivity index (χ1) is 16.7. The van der Waals surface area contributed by atoms with Crippen LogP contribution in [0, 0.1) is 6.92 Å². The van der Waals surface area contributed by atoms with Gasteiger partial charge in [0.15, 0.2) is 0 Å². The molecule has 1 unspecified atom stereocenters. The van der Waals surface area contributed by atoms with Crippen LogP contribution in [0.2, 0.25) is 0 Å². The Morgan fingerprint density at radius 2 is 1.89 bits per heavy atom. The number of benzene rings is 2. The highest BCUT2D eigenvalue weighted by Gasteiger charge is 2.20. The van der Waals surface area contributed by atoms with Gasteiger partial charge in [0, 0.05) is 42.4 Å². The summed E-state index contributed by atoms with van der Waals surface area (Å²) >= 11 is 0. The second kappa shape index (κ2) is 9.09. The summed E-state index contributed by atoms with van der Waals surface area (Å²) in [5, 5.41) is 15.2. The first-order valence-corrected chi connectivity index (χ1v) is 13.4. The third-order valence-corrected chi connectivity index (χ3v) is 7.80. The summed E-state index contributed by atoms with van der Waals surface area (Å²) in [7, 11) is -3.14. The maximum absolute atomic E-state index is 11.7. The monoisotopic (exact) mass is 491 g/mol. The number of aromatic nitrogens is 3. The molecule has 0 saturated carbocycles. The lowest BCUT2D eigenvalue weighted by Crippen LogP contribution is -2.33. The minimum atomic E-state index is -3.14. The van der Waals surface area contributed by atoms with Crippen molar-refractivity contribution in [1.29, 1.82) is 0 Å². The number of rotatable bonds is 6. The fourth-order valence-corrected chi connectivity index (χ4v) is 5.36. The Morgan fingerprint density at radius 1 is 1.11 bits per heavy atom. The molecule has 0 spiro atoms. The van der Waals surface area contributed by atoms with Gasteiger partial charge in [-0.25, -0.2) is 13.1 Å². The van der Waals surface area contributed by atoms with Crippen LogP contribution in [0.25, 0.3) is 22.2 Å². The molecule has 0 bridgehead atoms. The second-order valence-corrected chi connectivity index (χ2v) is 11.0. The molecule has 2 aromatic carbocycles. The van der Waals surface area contributed by atoms with Crippen LogP contribution < -0.4 is 5.73 Å². The van der Waals surface area contributed by atoms with Gasteiger partial charge in [0.2, 0.25) is 10.0 Å². The average Bonchev–Trinajstić information content (AvgIpc) is 3.42. The smallest absolute Gasteiger partial charge is 0.211 e. The number of sulfonamides is 1. The number of hydrogen-bond donors (Lipinski definition) is 2. The van der Waals surface area contributed by atoms with Crippen LogP contribution >= 0.6 is 0 Å². The molecule has 0 fully saturated rings. The maximum Gasteiger partial charge on any atom is 0.211 e. The van der Waals surface area contributed by atoms with Gasteiger partial charge in [0.05, 0.1) is 11.9 Å². The van der Waals surface area contributed by atoms with Gasteiger partial charge in [-0.1, -0.05) is 30.3 Å². The maximum atomic E-state index is 11.7. The highest BCUT2D eigenvalue weighted by atomic mass is 32.2. The van der Waals surface area contributed by atoms with Crippen molar-refractivity contribution in [3.63, 3.8) is 0 Å². The normalized spacial score (nSPS) is 15.9. The minimum absolute atomic E-state index is 0.430. The van der Waals surface area contributed by atoms with Crippen molar-refractivity contribution >= 4 is 26.5 Å². The van der Waals surface area contributed by atoms with Crippen LogP contribution in [0.3, 0.4) is 0 Å². The van der Waals surface area contributed by atoms with E-state index in [1.807, 2.05) is 19.1 Å². The highest BCUT2D eigenvalue weighted by molar-refractivity contribution is 7.88. The van der Waals surface area contributed by atoms with Crippen LogP contribution in [0.1, 0.15) is 35.2 Å². The van der Waals surface area contributed by atoms with E-state index in [2.05, 4.69) is 58.3 Å². The molecule has 1 aliphatic rings. The average molecular weight is 492 g/mol. The third-order valence-electron chi connectivity index (χ3n) is 6.53. The Kier molecular flexibility index (Phi) is 6.10. The summed E-state index contributed by atoms with van der Waals surface area (Å²) in [6.07, 6.45) is 4.97. The molecule has 0 amide bonds. The van der Waals surface area contributed by atoms with Gasteiger partial charge in [0.1, 0.15) is 11.9 Å². The zero-order valence-electron chi connectivity index (χ0n) is 19.8. The quantitative estimate of drug-likeness (QED) is 0.403. The summed E-state index contributed by atoms with van der Waals surface area (Å²) in [6.45, 7) is 3.63. The van der Waals surface area contributed by atoms with Crippen LogP contribution in [0.5, 0.6) is 0 Å². The van der Waals surface area contributed by atoms with E-state index in [0.717, 1.165) is 40.8 Å². The Balaban J connectivity index is 1.33. The number of aliphatic hydroxyl groups is 1. The lowest BCUT2D eigenvalue weighted by molar-refractivity contribution is 0.181. The van der Waals surface area contributed by atoms with Crippen molar-refractivity contribution in [1.82, 2.24) is 18.7 Å². The van der Waals surface area contributed by atoms with E-state index in [1.54, 1.807) is 10.7 Å². The third kappa shape index (κ3) is 4.81. The molecule has 5 rings (SSSR count). The highest BCUT2D eigenvalue weighted by Crippen LogP contribution is 2.25. The van der Waals surface area contributed by atoms with Gasteiger partial charge < -0.3 is 15.4 Å². The molecular formula is C26H29N5O3S. The number of fused-ring (bicyclic) bond motifs is 1. The van der Waals surface area contributed by atoms with Gasteiger partial charge in [-0.3, -0.25) is 0 Å². The summed E-state index contributed by atoms with van der Waals surface area (Å²) in [4.78, 5) is 0. The van der Waals surface area contributed by atoms with E-state index in [1.165, 1.54) is 21.7 Å². The predicted molar refractivity (Wildman–Crippen MR) is 137 cm³/mol. The van der Waals surface area contributed by atoms with Crippen molar-refractivity contribution < 1.29 is 13.5 Å². The molecule has 0 aliphatic carbocycles. The molecule has 8 nitrogen and oxygen atoms in total. The van der Waals surface area contributed by atoms with E-state index < -0.39 is 16.3 Å². The van der Waals surface area contributed by atoms with Crippen molar-refractivity contribution in [2.24, 2.45) is 5.73 Å². The fourth-order valence-electron chi connectivity index (χ4n) is 4.60. The lowest BCUT2D eigenvalue weighted by Gasteiger charge is -2.24. The number of nitrogens with two attached hydrogens (primary N) is 1. The van der Waals surface area contributed by atoms with E-state index in [9.17, 15) is 13.5 Å². The van der Waals surface area contributed by atoms with Crippen LogP contribution in [-0.4, -0.2) is 51.5 Å². The fraction of sp³-hybridized carbons (Fsp3) is 0.269. The van der Waals surface area contributed by atoms with Crippen molar-refractivity contribution in [3.05, 3.63) is 89.4 Å². The number of nitrogens with zero attached hydrogens (tertiary/aromatic N) is 4. The lowest BCUT2D eigenvalue weighted by atomic mass is 9.99. The first-order valence-electron chi connectivity index (χ1n) is 11.5. The van der Waals surface area contributed by atoms with E-state index >= 15 is 0 Å². The van der Waals surface area contributed by atoms with Gasteiger partial charge in [0.25, 0.3) is 0 Å². The minimum Gasteiger partial charge on any atom is -0.373 e. The predicted octanol–water partition coefficient (Wildman–Crippen LogP) is 3.18. The molecule has 1 aliphatic heterocycles. The molecule has 182 valence electrons. The summed E-state index contributed by atoms with van der Waals surface area (Å²) < 4.78 is 29.0. The molecule has 9 heteroatoms. The standard InChI is InChI=1S/C26H29N5O3S/c1-18-15-24(26(27)32)28-31(18)23-7-8-25-22(16-23)9-12-29(25)17-19-3-5-20(6-4-19)21-10-13-30(14-11-21)35(2,33)34/h3-10,12,15-16,26,32H,11,13-14,17,27H2,1-2H3. The number of hydrogen-bond acceptors (Lipinski definition) is 5. The zero-order valence-corrected chi connectivity index (χ0v) is 20.6. The molecular weight excluding hydrogens is 462 g/mol. The van der Waals surface area contributed by atoms with Crippen molar-refractivity contribution in [2.75, 3.05) is 19.3 Å². The van der Waals surface area contributed by atoms with Gasteiger partial charge in [-0.15, -0.1) is 0 Å². The topological polar surface area (TPSA) is 106 Å². The molecule has 1 atom stereocenters. The second-order valence-electron chi connectivity index (χ2n) is 9.05. The summed E-state index contributed by atoms with van der Waals surface area (Å²) in [5.74, 6) is 0. The Bertz CT molecular complexity index is 1510. The van der Waals surface area contributed by atoms with Gasteiger partial charge in [-0.05, 0) is 60.4 Å². The number of aryl methyl sites for hydroxylation is 1. The van der Waals surface area contributed by atoms with Crippen molar-refractivity contribution in [3.8, 4) is 5.69 Å². The Morgan fingerprint density at radius 3 is 2.51 bits per heavy atom. The zero-order chi connectivity index (χ0) is 24.7. The summed E-state index contributed by atoms with van der Waals surface area (Å²) in [5.41, 5.74) is 12.5. The van der Waals surface area contributed by atoms with E-state index in [0.29, 0.717) is 18.8 Å². The number of aliphatic hydroxyl groups excluding tert-OH is 1. The van der Waals surface area contributed by atoms with E-state index in [4.69, 9.17) is 5.73 Å². The van der Waals surface area contributed by atoms with Crippen LogP contribution in [0.4, 0.5) is 0 Å². The molecule has 0 saturated heterocycles. The molecule has 0 radical (unpaired) electrons. The molecule has 3 heterocycles. The summed E-state index contributed by atoms with van der Waals surface area (Å²) in [6, 6.07) is 18.5. The van der Waals surface area contributed by atoms with Crippen LogP contribution in [0.15, 0.2) is 66.9 Å². The van der Waals surface area contributed by atoms with Crippen LogP contribution in [-0.2, 0) is 16.6 Å². The SMILES string of the molecule is Cc1cc(C(N)O)nn1-c1ccc2c(ccn2Cc2ccc(C3=CCN(S(C)(=O)=O)CC3)cc2)c1. The van der Waals surface area contributed by atoms with Gasteiger partial charge in [-0.2, -0.15) is 9.40 Å². The van der Waals surface area contributed by atoms with Gasteiger partial charge >= 0.3 is 0 Å². The molecule has 4 aromatic rings. The Hall–Kier alpha value is -3.24. The van der Waals surface area contributed by atoms with Crippen molar-refractivity contribution in [2.45, 2.75) is 26.1 Å². The molecule has 3 N–H and O–H groups in total. The first kappa shape index (κ1) is 23.5.